The van der Waals surface area contributed by atoms with E-state index in [9.17, 15) is 4.57 Å². The van der Waals surface area contributed by atoms with E-state index in [0.29, 0.717) is 32.8 Å². The molecule has 2 aliphatic rings. The summed E-state index contributed by atoms with van der Waals surface area (Å²) >= 11 is 1.80. The highest BCUT2D eigenvalue weighted by atomic mass is 127. The summed E-state index contributed by atoms with van der Waals surface area (Å²) in [6.07, 6.45) is -0.506. The highest BCUT2D eigenvalue weighted by Gasteiger charge is 2.41. The van der Waals surface area contributed by atoms with Gasteiger partial charge in [-0.25, -0.2) is 9.34 Å². The molecule has 24 heavy (non-hydrogen) atoms. The lowest BCUT2D eigenvalue weighted by atomic mass is 9.98. The van der Waals surface area contributed by atoms with Crippen molar-refractivity contribution in [1.82, 2.24) is 14.7 Å². The van der Waals surface area contributed by atoms with Crippen LogP contribution in [0, 0.1) is 0 Å². The maximum atomic E-state index is 13.5. The molecular formula is C12H23B2IN3O5P. The van der Waals surface area contributed by atoms with Crippen LogP contribution in [0.3, 0.4) is 0 Å². The van der Waals surface area contributed by atoms with Gasteiger partial charge in [-0.05, 0) is 14.1 Å². The monoisotopic (exact) mass is 469 g/mol. The Kier molecular flexibility index (Phi) is 8.50. The highest BCUT2D eigenvalue weighted by molar-refractivity contribution is 14.1. The molecule has 2 aliphatic heterocycles. The van der Waals surface area contributed by atoms with Crippen molar-refractivity contribution in [2.45, 2.75) is 24.2 Å². The van der Waals surface area contributed by atoms with Crippen LogP contribution >= 0.6 is 30.7 Å². The van der Waals surface area contributed by atoms with Crippen LogP contribution in [-0.4, -0.2) is 103 Å². The number of rotatable bonds is 7. The first-order valence-electron chi connectivity index (χ1n) is 7.79. The number of nitrogens with zero attached hydrogens (tertiary/aromatic N) is 2. The van der Waals surface area contributed by atoms with Crippen LogP contribution in [0.4, 0.5) is 0 Å². The fourth-order valence-electron chi connectivity index (χ4n) is 2.68. The predicted octanol–water partition coefficient (Wildman–Crippen LogP) is -0.282. The Morgan fingerprint density at radius 2 is 1.92 bits per heavy atom. The molecule has 0 aromatic heterocycles. The van der Waals surface area contributed by atoms with E-state index in [1.165, 1.54) is 0 Å². The normalized spacial score (nSPS) is 35.0. The molecule has 0 aliphatic carbocycles. The van der Waals surface area contributed by atoms with E-state index in [1.54, 1.807) is 46.4 Å². The molecule has 0 spiro atoms. The zero-order valence-electron chi connectivity index (χ0n) is 14.0. The smallest absolute Gasteiger partial charge is 0.345 e. The van der Waals surface area contributed by atoms with Crippen molar-refractivity contribution in [2.75, 3.05) is 53.5 Å². The van der Waals surface area contributed by atoms with Crippen LogP contribution in [0.15, 0.2) is 0 Å². The molecule has 5 unspecified atom stereocenters. The second kappa shape index (κ2) is 9.66. The van der Waals surface area contributed by atoms with Gasteiger partial charge < -0.3 is 22.4 Å². The van der Waals surface area contributed by atoms with Gasteiger partial charge >= 0.3 is 7.67 Å². The van der Waals surface area contributed by atoms with Gasteiger partial charge in [-0.1, -0.05) is 0 Å². The summed E-state index contributed by atoms with van der Waals surface area (Å²) in [6.45, 7) is 2.47. The predicted molar refractivity (Wildman–Crippen MR) is 100 cm³/mol. The van der Waals surface area contributed by atoms with Crippen molar-refractivity contribution >= 4 is 46.4 Å². The number of halogens is 1. The molecule has 2 heterocycles. The van der Waals surface area contributed by atoms with E-state index >= 15 is 0 Å². The first kappa shape index (κ1) is 21.1. The molecule has 1 N–H and O–H groups in total. The molecule has 0 bridgehead atoms. The second-order valence-corrected chi connectivity index (χ2v) is 9.26. The van der Waals surface area contributed by atoms with Crippen LogP contribution in [-0.2, 0) is 21.6 Å². The van der Waals surface area contributed by atoms with E-state index in [0.717, 1.165) is 0 Å². The van der Waals surface area contributed by atoms with E-state index in [-0.39, 0.29) is 24.8 Å². The Labute approximate surface area is 160 Å². The van der Waals surface area contributed by atoms with Gasteiger partial charge in [-0.3, -0.25) is 4.57 Å². The molecular weight excluding hydrogens is 446 g/mol. The summed E-state index contributed by atoms with van der Waals surface area (Å²) in [7, 11) is 11.9. The summed E-state index contributed by atoms with van der Waals surface area (Å²) in [4.78, 5) is 0. The lowest BCUT2D eigenvalue weighted by Crippen LogP contribution is -2.50. The van der Waals surface area contributed by atoms with Crippen LogP contribution in [0.2, 0.25) is 0 Å². The molecule has 2 rings (SSSR count). The van der Waals surface area contributed by atoms with Gasteiger partial charge in [0.25, 0.3) is 0 Å². The van der Waals surface area contributed by atoms with Crippen LogP contribution in [0.25, 0.3) is 0 Å². The number of ether oxygens (including phenoxy) is 2. The van der Waals surface area contributed by atoms with Gasteiger partial charge in [-0.15, -0.1) is 0 Å². The minimum atomic E-state index is -3.25. The molecule has 8 nitrogen and oxygen atoms in total. The first-order chi connectivity index (χ1) is 11.3. The minimum absolute atomic E-state index is 0.177. The third-order valence-electron chi connectivity index (χ3n) is 3.80. The summed E-state index contributed by atoms with van der Waals surface area (Å²) in [5.41, 5.74) is 0. The number of hydrogen-bond acceptors (Lipinski definition) is 6. The van der Waals surface area contributed by atoms with Gasteiger partial charge in [0.15, 0.2) is 0 Å². The minimum Gasteiger partial charge on any atom is -0.380 e. The number of nitrogens with one attached hydrogen (secondary N) is 1. The van der Waals surface area contributed by atoms with Crippen LogP contribution in [0.1, 0.15) is 0 Å². The Bertz CT molecular complexity index is 453. The molecule has 0 saturated carbocycles. The van der Waals surface area contributed by atoms with E-state index in [2.05, 4.69) is 5.32 Å². The Morgan fingerprint density at radius 3 is 2.54 bits per heavy atom. The number of hydrogen-bond donors (Lipinski definition) is 1. The van der Waals surface area contributed by atoms with E-state index in [4.69, 9.17) is 32.8 Å². The SMILES string of the molecule is [B]C1CNCC(COP(=O)(N(C)C)N2CC([B])OC(COI)C2)O1. The maximum Gasteiger partial charge on any atom is 0.345 e. The van der Waals surface area contributed by atoms with Crippen molar-refractivity contribution in [1.29, 1.82) is 0 Å². The third kappa shape index (κ3) is 5.65. The highest BCUT2D eigenvalue weighted by Crippen LogP contribution is 2.53. The molecule has 0 amide bonds. The quantitative estimate of drug-likeness (QED) is 0.311. The van der Waals surface area contributed by atoms with Gasteiger partial charge in [0.05, 0.1) is 25.4 Å². The summed E-state index contributed by atoms with van der Waals surface area (Å²) in [5, 5.41) is 3.16. The van der Waals surface area contributed by atoms with E-state index in [1.807, 2.05) is 0 Å². The molecule has 0 aromatic rings. The van der Waals surface area contributed by atoms with Crippen molar-refractivity contribution in [3.63, 3.8) is 0 Å². The molecule has 4 radical (unpaired) electrons. The van der Waals surface area contributed by atoms with Gasteiger partial charge in [0, 0.05) is 38.2 Å². The summed E-state index contributed by atoms with van der Waals surface area (Å²) in [6, 6.07) is -0.929. The fourth-order valence-corrected chi connectivity index (χ4v) is 5.10. The van der Waals surface area contributed by atoms with Crippen LogP contribution in [0.5, 0.6) is 0 Å². The van der Waals surface area contributed by atoms with Crippen molar-refractivity contribution in [2.24, 2.45) is 0 Å². The first-order valence-corrected chi connectivity index (χ1v) is 10.2. The zero-order valence-corrected chi connectivity index (χ0v) is 17.0. The number of morpholine rings is 2. The Morgan fingerprint density at radius 1 is 1.21 bits per heavy atom. The van der Waals surface area contributed by atoms with Gasteiger partial charge in [-0.2, -0.15) is 0 Å². The molecule has 2 saturated heterocycles. The second-order valence-electron chi connectivity index (χ2n) is 6.03. The average Bonchev–Trinajstić information content (AvgIpc) is 2.52. The van der Waals surface area contributed by atoms with Crippen molar-refractivity contribution in [3.8, 4) is 0 Å². The Balaban J connectivity index is 2.01. The summed E-state index contributed by atoms with van der Waals surface area (Å²) in [5.74, 6) is 0. The van der Waals surface area contributed by atoms with E-state index < -0.39 is 13.7 Å². The van der Waals surface area contributed by atoms with Crippen LogP contribution < -0.4 is 5.32 Å². The zero-order chi connectivity index (χ0) is 17.7. The standard InChI is InChI=1S/C12H23B2IN3O5P/c1-17(2)24(19,21-8-9-3-16-4-11(13)22-9)18-5-10(7-20-15)23-12(14)6-18/h9-12,16H,3-8H2,1-2H3. The molecule has 2 fully saturated rings. The van der Waals surface area contributed by atoms with Gasteiger partial charge in [0.1, 0.15) is 38.7 Å². The third-order valence-corrected chi connectivity index (χ3v) is 6.69. The van der Waals surface area contributed by atoms with Gasteiger partial charge in [0.2, 0.25) is 0 Å². The fraction of sp³-hybridized carbons (Fsp3) is 1.00. The lowest BCUT2D eigenvalue weighted by Gasteiger charge is -2.42. The largest absolute Gasteiger partial charge is 0.380 e. The lowest BCUT2D eigenvalue weighted by molar-refractivity contribution is -0.0499. The topological polar surface area (TPSA) is 72.5 Å². The molecule has 5 atom stereocenters. The summed E-state index contributed by atoms with van der Waals surface area (Å²) < 4.78 is 38.9. The Hall–Kier alpha value is 0.810. The maximum absolute atomic E-state index is 13.5. The molecule has 0 aromatic carbocycles. The average molecular weight is 469 g/mol. The molecule has 12 heteroatoms. The van der Waals surface area contributed by atoms with Crippen molar-refractivity contribution < 1.29 is 21.6 Å². The van der Waals surface area contributed by atoms with Crippen molar-refractivity contribution in [3.05, 3.63) is 0 Å². The molecule has 134 valence electrons.